The van der Waals surface area contributed by atoms with Crippen LogP contribution in [0.1, 0.15) is 51.3 Å². The van der Waals surface area contributed by atoms with E-state index in [2.05, 4.69) is 36.5 Å². The number of nitrogens with zero attached hydrogens (tertiary/aromatic N) is 5. The summed E-state index contributed by atoms with van der Waals surface area (Å²) in [7, 11) is 3.78. The van der Waals surface area contributed by atoms with Gasteiger partial charge in [0.15, 0.2) is 0 Å². The van der Waals surface area contributed by atoms with Crippen molar-refractivity contribution in [1.29, 1.82) is 5.26 Å². The average molecular weight is 436 g/mol. The van der Waals surface area contributed by atoms with Crippen LogP contribution < -0.4 is 0 Å². The van der Waals surface area contributed by atoms with Crippen LogP contribution in [-0.4, -0.2) is 19.1 Å². The number of halogens is 1. The second kappa shape index (κ2) is 13.1. The van der Waals surface area contributed by atoms with Crippen molar-refractivity contribution in [2.75, 3.05) is 0 Å². The van der Waals surface area contributed by atoms with E-state index in [1.54, 1.807) is 23.0 Å². The van der Waals surface area contributed by atoms with E-state index in [9.17, 15) is 4.39 Å². The Hall–Kier alpha value is -3.46. The van der Waals surface area contributed by atoms with Crippen LogP contribution in [0.25, 0.3) is 16.6 Å². The van der Waals surface area contributed by atoms with Crippen molar-refractivity contribution in [2.24, 2.45) is 20.0 Å². The van der Waals surface area contributed by atoms with E-state index in [0.29, 0.717) is 22.9 Å². The molecular formula is C26H34FN5. The standard InChI is InChI=1S/C14H19FN2.C10H9N3.C2H6/c1-5-11(2)7-6-8-13(15)12(3)14-16-9-10-17(14)4;1-7-12-9-5-8(6-11)3-4-10(9)13(7)2;1-2/h6-11H,3,5H2,1-2,4H3;3-5H,1-2H3;1-2H3/b7-6-,13-8+;;. The number of aryl methyl sites for hydroxylation is 3. The van der Waals surface area contributed by atoms with Gasteiger partial charge < -0.3 is 9.13 Å². The second-order valence-corrected chi connectivity index (χ2v) is 7.16. The lowest BCUT2D eigenvalue weighted by molar-refractivity contribution is 0.668. The zero-order chi connectivity index (χ0) is 24.3. The van der Waals surface area contributed by atoms with E-state index in [-0.39, 0.29) is 5.83 Å². The van der Waals surface area contributed by atoms with Crippen molar-refractivity contribution in [3.8, 4) is 6.07 Å². The lowest BCUT2D eigenvalue weighted by atomic mass is 10.1. The molecule has 0 aliphatic carbocycles. The summed E-state index contributed by atoms with van der Waals surface area (Å²) in [6, 6.07) is 7.64. The molecule has 3 rings (SSSR count). The Balaban J connectivity index is 0.000000305. The summed E-state index contributed by atoms with van der Waals surface area (Å²) in [4.78, 5) is 8.39. The topological polar surface area (TPSA) is 59.4 Å². The molecule has 0 aliphatic heterocycles. The Labute approximate surface area is 191 Å². The Kier molecular flexibility index (Phi) is 10.8. The van der Waals surface area contributed by atoms with Crippen LogP contribution >= 0.6 is 0 Å². The molecule has 32 heavy (non-hydrogen) atoms. The van der Waals surface area contributed by atoms with Crippen LogP contribution in [0, 0.1) is 24.2 Å². The first kappa shape index (κ1) is 26.6. The van der Waals surface area contributed by atoms with Gasteiger partial charge in [-0.3, -0.25) is 0 Å². The lowest BCUT2D eigenvalue weighted by Crippen LogP contribution is -1.95. The molecule has 2 heterocycles. The summed E-state index contributed by atoms with van der Waals surface area (Å²) in [5.74, 6) is 1.63. The number of hydrogen-bond acceptors (Lipinski definition) is 3. The average Bonchev–Trinajstić information content (AvgIpc) is 3.36. The van der Waals surface area contributed by atoms with E-state index < -0.39 is 0 Å². The molecule has 0 bridgehead atoms. The van der Waals surface area contributed by atoms with Crippen LogP contribution in [0.3, 0.4) is 0 Å². The SMILES string of the molecule is C=C(/C(F)=C\C=C/C(C)CC)c1nccn1C.CC.Cc1nc2cc(C#N)ccc2n1C. The molecule has 0 spiro atoms. The first-order valence-corrected chi connectivity index (χ1v) is 10.8. The molecule has 1 aromatic carbocycles. The fraction of sp³-hybridized carbons (Fsp3) is 0.346. The first-order valence-electron chi connectivity index (χ1n) is 10.8. The molecule has 3 aromatic rings. The first-order chi connectivity index (χ1) is 15.3. The van der Waals surface area contributed by atoms with Crippen molar-refractivity contribution in [3.63, 3.8) is 0 Å². The summed E-state index contributed by atoms with van der Waals surface area (Å²) in [5, 5.41) is 8.69. The molecule has 6 heteroatoms. The van der Waals surface area contributed by atoms with E-state index >= 15 is 0 Å². The van der Waals surface area contributed by atoms with Gasteiger partial charge in [-0.15, -0.1) is 0 Å². The number of nitriles is 1. The van der Waals surface area contributed by atoms with Gasteiger partial charge in [-0.2, -0.15) is 5.26 Å². The third kappa shape index (κ3) is 7.05. The fourth-order valence-corrected chi connectivity index (χ4v) is 2.72. The number of allylic oxidation sites excluding steroid dienone is 5. The van der Waals surface area contributed by atoms with E-state index in [1.807, 2.05) is 63.7 Å². The molecule has 0 N–H and O–H groups in total. The minimum atomic E-state index is -0.348. The van der Waals surface area contributed by atoms with Crippen molar-refractivity contribution < 1.29 is 4.39 Å². The molecule has 0 amide bonds. The van der Waals surface area contributed by atoms with Crippen LogP contribution in [0.4, 0.5) is 4.39 Å². The summed E-state index contributed by atoms with van der Waals surface area (Å²) in [5.41, 5.74) is 2.92. The molecular weight excluding hydrogens is 401 g/mol. The van der Waals surface area contributed by atoms with Crippen LogP contribution in [0.15, 0.2) is 61.2 Å². The van der Waals surface area contributed by atoms with Crippen molar-refractivity contribution >= 4 is 16.6 Å². The quantitative estimate of drug-likeness (QED) is 0.421. The third-order valence-corrected chi connectivity index (χ3v) is 4.94. The maximum atomic E-state index is 13.8. The molecule has 1 unspecified atom stereocenters. The van der Waals surface area contributed by atoms with Crippen molar-refractivity contribution in [2.45, 2.75) is 41.0 Å². The van der Waals surface area contributed by atoms with Gasteiger partial charge in [0.25, 0.3) is 0 Å². The zero-order valence-electron chi connectivity index (χ0n) is 20.2. The normalized spacial score (nSPS) is 11.9. The van der Waals surface area contributed by atoms with E-state index in [1.165, 1.54) is 6.08 Å². The summed E-state index contributed by atoms with van der Waals surface area (Å²) < 4.78 is 17.5. The predicted molar refractivity (Wildman–Crippen MR) is 132 cm³/mol. The molecule has 0 fully saturated rings. The highest BCUT2D eigenvalue weighted by Crippen LogP contribution is 2.20. The van der Waals surface area contributed by atoms with Gasteiger partial charge >= 0.3 is 0 Å². The molecule has 1 atom stereocenters. The highest BCUT2D eigenvalue weighted by molar-refractivity contribution is 5.77. The second-order valence-electron chi connectivity index (χ2n) is 7.16. The summed E-state index contributed by atoms with van der Waals surface area (Å²) in [6.07, 6.45) is 9.59. The number of benzene rings is 1. The minimum Gasteiger partial charge on any atom is -0.334 e. The zero-order valence-corrected chi connectivity index (χ0v) is 20.2. The maximum absolute atomic E-state index is 13.8. The lowest BCUT2D eigenvalue weighted by Gasteiger charge is -2.02. The van der Waals surface area contributed by atoms with Crippen molar-refractivity contribution in [3.05, 3.63) is 78.4 Å². The summed E-state index contributed by atoms with van der Waals surface area (Å²) in [6.45, 7) is 13.9. The van der Waals surface area contributed by atoms with Crippen LogP contribution in [-0.2, 0) is 14.1 Å². The van der Waals surface area contributed by atoms with Crippen LogP contribution in [0.5, 0.6) is 0 Å². The summed E-state index contributed by atoms with van der Waals surface area (Å²) >= 11 is 0. The largest absolute Gasteiger partial charge is 0.334 e. The maximum Gasteiger partial charge on any atom is 0.141 e. The van der Waals surface area contributed by atoms with Gasteiger partial charge in [0.2, 0.25) is 0 Å². The highest BCUT2D eigenvalue weighted by Gasteiger charge is 2.08. The molecule has 0 saturated heterocycles. The van der Waals surface area contributed by atoms with E-state index in [0.717, 1.165) is 23.3 Å². The highest BCUT2D eigenvalue weighted by atomic mass is 19.1. The van der Waals surface area contributed by atoms with Gasteiger partial charge in [0, 0.05) is 32.1 Å². The van der Waals surface area contributed by atoms with Crippen LogP contribution in [0.2, 0.25) is 0 Å². The molecule has 170 valence electrons. The molecule has 0 aliphatic rings. The Bertz CT molecular complexity index is 1120. The number of imidazole rings is 2. The number of fused-ring (bicyclic) bond motifs is 1. The fourth-order valence-electron chi connectivity index (χ4n) is 2.72. The number of aromatic nitrogens is 4. The van der Waals surface area contributed by atoms with Gasteiger partial charge in [-0.1, -0.05) is 52.8 Å². The number of hydrogen-bond donors (Lipinski definition) is 0. The predicted octanol–water partition coefficient (Wildman–Crippen LogP) is 6.67. The van der Waals surface area contributed by atoms with Gasteiger partial charge in [-0.05, 0) is 37.1 Å². The Morgan fingerprint density at radius 2 is 2.00 bits per heavy atom. The van der Waals surface area contributed by atoms with Crippen molar-refractivity contribution in [1.82, 2.24) is 19.1 Å². The minimum absolute atomic E-state index is 0.311. The monoisotopic (exact) mass is 435 g/mol. The smallest absolute Gasteiger partial charge is 0.141 e. The van der Waals surface area contributed by atoms with Gasteiger partial charge in [-0.25, -0.2) is 14.4 Å². The van der Waals surface area contributed by atoms with Gasteiger partial charge in [0.1, 0.15) is 17.5 Å². The van der Waals surface area contributed by atoms with Gasteiger partial charge in [0.05, 0.1) is 22.7 Å². The molecule has 0 radical (unpaired) electrons. The molecule has 5 nitrogen and oxygen atoms in total. The molecule has 0 saturated carbocycles. The third-order valence-electron chi connectivity index (χ3n) is 4.94. The Morgan fingerprint density at radius 1 is 1.31 bits per heavy atom. The number of rotatable bonds is 5. The molecule has 2 aromatic heterocycles. The van der Waals surface area contributed by atoms with E-state index in [4.69, 9.17) is 5.26 Å². The Morgan fingerprint density at radius 3 is 2.56 bits per heavy atom.